The van der Waals surface area contributed by atoms with Crippen LogP contribution in [0.1, 0.15) is 21.9 Å². The smallest absolute Gasteiger partial charge is 0.271 e. The molecule has 0 fully saturated rings. The minimum Gasteiger partial charge on any atom is -0.467 e. The highest BCUT2D eigenvalue weighted by Gasteiger charge is 2.09. The van der Waals surface area contributed by atoms with Crippen LogP contribution >= 0.6 is 0 Å². The van der Waals surface area contributed by atoms with Gasteiger partial charge in [0.05, 0.1) is 31.2 Å². The van der Waals surface area contributed by atoms with Crippen LogP contribution < -0.4 is 10.6 Å². The summed E-state index contributed by atoms with van der Waals surface area (Å²) in [5.41, 5.74) is 0.896. The molecule has 7 nitrogen and oxygen atoms in total. The van der Waals surface area contributed by atoms with Gasteiger partial charge < -0.3 is 15.1 Å². The maximum Gasteiger partial charge on any atom is 0.271 e. The molecule has 104 valence electrons. The third-order valence-corrected chi connectivity index (χ3v) is 2.46. The lowest BCUT2D eigenvalue weighted by Crippen LogP contribution is -2.36. The maximum absolute atomic E-state index is 11.7. The highest BCUT2D eigenvalue weighted by molar-refractivity contribution is 5.94. The van der Waals surface area contributed by atoms with Gasteiger partial charge in [-0.05, 0) is 19.1 Å². The fourth-order valence-electron chi connectivity index (χ4n) is 1.42. The molecule has 0 spiro atoms. The number of rotatable bonds is 5. The van der Waals surface area contributed by atoms with E-state index in [-0.39, 0.29) is 24.7 Å². The largest absolute Gasteiger partial charge is 0.467 e. The molecule has 0 aromatic carbocycles. The number of carbonyl (C=O) groups is 2. The lowest BCUT2D eigenvalue weighted by Gasteiger charge is -2.05. The van der Waals surface area contributed by atoms with Crippen molar-refractivity contribution < 1.29 is 14.0 Å². The summed E-state index contributed by atoms with van der Waals surface area (Å²) < 4.78 is 5.07. The van der Waals surface area contributed by atoms with Crippen molar-refractivity contribution in [3.05, 3.63) is 47.9 Å². The van der Waals surface area contributed by atoms with E-state index in [1.807, 2.05) is 0 Å². The molecule has 0 radical (unpaired) electrons. The number of amides is 2. The summed E-state index contributed by atoms with van der Waals surface area (Å²) in [5.74, 6) is -0.102. The zero-order chi connectivity index (χ0) is 14.4. The minimum atomic E-state index is -0.439. The molecule has 2 N–H and O–H groups in total. The van der Waals surface area contributed by atoms with E-state index in [1.165, 1.54) is 18.7 Å². The molecule has 0 unspecified atom stereocenters. The average Bonchev–Trinajstić information content (AvgIpc) is 2.96. The molecular weight excluding hydrogens is 260 g/mol. The summed E-state index contributed by atoms with van der Waals surface area (Å²) in [6.45, 7) is 1.93. The maximum atomic E-state index is 11.7. The first-order valence-electron chi connectivity index (χ1n) is 6.01. The van der Waals surface area contributed by atoms with Crippen molar-refractivity contribution >= 4 is 11.8 Å². The minimum absolute atomic E-state index is 0.130. The Hall–Kier alpha value is -2.70. The summed E-state index contributed by atoms with van der Waals surface area (Å²) in [5, 5.41) is 5.08. The third kappa shape index (κ3) is 3.91. The Bertz CT molecular complexity index is 578. The van der Waals surface area contributed by atoms with Crippen molar-refractivity contribution in [3.8, 4) is 0 Å². The van der Waals surface area contributed by atoms with Crippen LogP contribution in [0, 0.1) is 6.92 Å². The van der Waals surface area contributed by atoms with Crippen LogP contribution in [0.4, 0.5) is 0 Å². The molecule has 0 saturated heterocycles. The van der Waals surface area contributed by atoms with Gasteiger partial charge in [0.2, 0.25) is 5.91 Å². The molecule has 2 aromatic rings. The Morgan fingerprint density at radius 2 is 2.10 bits per heavy atom. The van der Waals surface area contributed by atoms with Crippen molar-refractivity contribution in [2.45, 2.75) is 13.5 Å². The first kappa shape index (κ1) is 13.7. The van der Waals surface area contributed by atoms with Crippen molar-refractivity contribution in [1.82, 2.24) is 20.6 Å². The van der Waals surface area contributed by atoms with Crippen molar-refractivity contribution in [3.63, 3.8) is 0 Å². The summed E-state index contributed by atoms with van der Waals surface area (Å²) in [6, 6.07) is 3.49. The van der Waals surface area contributed by atoms with Gasteiger partial charge in [-0.2, -0.15) is 0 Å². The molecule has 0 saturated carbocycles. The summed E-state index contributed by atoms with van der Waals surface area (Å²) in [6.07, 6.45) is 4.39. The first-order valence-corrected chi connectivity index (χ1v) is 6.01. The number of furan rings is 1. The molecule has 2 amide bonds. The topological polar surface area (TPSA) is 97.1 Å². The van der Waals surface area contributed by atoms with Gasteiger partial charge in [-0.25, -0.2) is 4.98 Å². The van der Waals surface area contributed by atoms with Crippen LogP contribution in [-0.2, 0) is 11.3 Å². The van der Waals surface area contributed by atoms with Crippen LogP contribution in [-0.4, -0.2) is 28.3 Å². The van der Waals surface area contributed by atoms with Crippen LogP contribution in [0.3, 0.4) is 0 Å². The molecular formula is C13H14N4O3. The Morgan fingerprint density at radius 1 is 1.25 bits per heavy atom. The number of hydrogen-bond acceptors (Lipinski definition) is 5. The molecule has 0 bridgehead atoms. The van der Waals surface area contributed by atoms with E-state index in [2.05, 4.69) is 20.6 Å². The van der Waals surface area contributed by atoms with Crippen LogP contribution in [0.5, 0.6) is 0 Å². The fraction of sp³-hybridized carbons (Fsp3) is 0.231. The Kier molecular flexibility index (Phi) is 4.43. The number of aryl methyl sites for hydroxylation is 1. The quantitative estimate of drug-likeness (QED) is 0.823. The van der Waals surface area contributed by atoms with Crippen LogP contribution in [0.2, 0.25) is 0 Å². The fourth-order valence-corrected chi connectivity index (χ4v) is 1.42. The molecule has 7 heteroatoms. The van der Waals surface area contributed by atoms with Gasteiger partial charge in [0, 0.05) is 6.20 Å². The highest BCUT2D eigenvalue weighted by atomic mass is 16.3. The number of nitrogens with zero attached hydrogens (tertiary/aromatic N) is 2. The summed E-state index contributed by atoms with van der Waals surface area (Å²) in [7, 11) is 0. The molecule has 0 aliphatic carbocycles. The molecule has 0 atom stereocenters. The molecule has 20 heavy (non-hydrogen) atoms. The Morgan fingerprint density at radius 3 is 2.75 bits per heavy atom. The first-order chi connectivity index (χ1) is 9.65. The van der Waals surface area contributed by atoms with Crippen molar-refractivity contribution in [2.75, 3.05) is 6.54 Å². The predicted molar refractivity (Wildman–Crippen MR) is 69.7 cm³/mol. The second-order valence-electron chi connectivity index (χ2n) is 4.08. The normalized spacial score (nSPS) is 10.1. The van der Waals surface area contributed by atoms with Crippen molar-refractivity contribution in [1.29, 1.82) is 0 Å². The Labute approximate surface area is 115 Å². The van der Waals surface area contributed by atoms with E-state index < -0.39 is 5.91 Å². The molecule has 0 aliphatic heterocycles. The Balaban J connectivity index is 1.75. The summed E-state index contributed by atoms with van der Waals surface area (Å²) in [4.78, 5) is 31.1. The average molecular weight is 274 g/mol. The molecule has 2 rings (SSSR count). The van der Waals surface area contributed by atoms with Gasteiger partial charge >= 0.3 is 0 Å². The second-order valence-corrected chi connectivity index (χ2v) is 4.08. The second kappa shape index (κ2) is 6.46. The molecule has 2 heterocycles. The monoisotopic (exact) mass is 274 g/mol. The van der Waals surface area contributed by atoms with Gasteiger partial charge in [-0.15, -0.1) is 0 Å². The van der Waals surface area contributed by atoms with Crippen molar-refractivity contribution in [2.24, 2.45) is 0 Å². The van der Waals surface area contributed by atoms with E-state index in [9.17, 15) is 9.59 Å². The van der Waals surface area contributed by atoms with E-state index in [4.69, 9.17) is 4.42 Å². The number of aromatic nitrogens is 2. The van der Waals surface area contributed by atoms with Crippen LogP contribution in [0.15, 0.2) is 35.2 Å². The van der Waals surface area contributed by atoms with Gasteiger partial charge in [-0.1, -0.05) is 0 Å². The van der Waals surface area contributed by atoms with Crippen LogP contribution in [0.25, 0.3) is 0 Å². The highest BCUT2D eigenvalue weighted by Crippen LogP contribution is 1.98. The molecule has 2 aromatic heterocycles. The van der Waals surface area contributed by atoms with Gasteiger partial charge in [0.1, 0.15) is 11.5 Å². The van der Waals surface area contributed by atoms with E-state index in [0.29, 0.717) is 5.76 Å². The van der Waals surface area contributed by atoms with Gasteiger partial charge in [0.15, 0.2) is 0 Å². The number of nitrogens with one attached hydrogen (secondary N) is 2. The predicted octanol–water partition coefficient (Wildman–Crippen LogP) is 0.424. The van der Waals surface area contributed by atoms with E-state index in [1.54, 1.807) is 19.1 Å². The van der Waals surface area contributed by atoms with Gasteiger partial charge in [-0.3, -0.25) is 14.6 Å². The zero-order valence-corrected chi connectivity index (χ0v) is 10.9. The van der Waals surface area contributed by atoms with E-state index in [0.717, 1.165) is 5.69 Å². The standard InChI is InChI=1S/C13H14N4O3/c1-9-5-15-11(7-14-9)13(19)17-8-12(18)16-6-10-3-2-4-20-10/h2-5,7H,6,8H2,1H3,(H,16,18)(H,17,19). The number of hydrogen-bond donors (Lipinski definition) is 2. The SMILES string of the molecule is Cc1cnc(C(=O)NCC(=O)NCc2ccco2)cn1. The van der Waals surface area contributed by atoms with E-state index >= 15 is 0 Å². The zero-order valence-electron chi connectivity index (χ0n) is 10.9. The lowest BCUT2D eigenvalue weighted by molar-refractivity contribution is -0.120. The number of carbonyl (C=O) groups excluding carboxylic acids is 2. The summed E-state index contributed by atoms with van der Waals surface area (Å²) >= 11 is 0. The third-order valence-electron chi connectivity index (χ3n) is 2.46. The molecule has 0 aliphatic rings. The lowest BCUT2D eigenvalue weighted by atomic mass is 10.4. The van der Waals surface area contributed by atoms with Gasteiger partial charge in [0.25, 0.3) is 5.91 Å².